The Balaban J connectivity index is 2.51. The zero-order valence-corrected chi connectivity index (χ0v) is 4.64. The second kappa shape index (κ2) is 2.26. The number of nitrogens with one attached hydrogen (secondary N) is 2. The third-order valence-corrected chi connectivity index (χ3v) is 0.887. The van der Waals surface area contributed by atoms with Crippen LogP contribution in [0.4, 0.5) is 0 Å². The van der Waals surface area contributed by atoms with E-state index < -0.39 is 0 Å². The van der Waals surface area contributed by atoms with Crippen molar-refractivity contribution in [3.8, 4) is 0 Å². The van der Waals surface area contributed by atoms with E-state index in [1.54, 1.807) is 12.5 Å². The predicted molar refractivity (Wildman–Crippen MR) is 30.5 cm³/mol. The molecule has 1 heterocycles. The summed E-state index contributed by atoms with van der Waals surface area (Å²) in [5.41, 5.74) is 3.58. The first-order valence-corrected chi connectivity index (χ1v) is 2.39. The van der Waals surface area contributed by atoms with E-state index in [1.165, 1.54) is 0 Å². The van der Waals surface area contributed by atoms with Crippen LogP contribution in [-0.2, 0) is 4.84 Å². The second-order valence-electron chi connectivity index (χ2n) is 1.39. The molecular weight excluding hydrogens is 104 g/mol. The number of rotatable bonds is 1. The Kier molecular flexibility index (Phi) is 1.42. The van der Waals surface area contributed by atoms with Crippen molar-refractivity contribution >= 4 is 0 Å². The molecule has 44 valence electrons. The number of hydrogen-bond acceptors (Lipinski definition) is 3. The number of hydroxylamine groups is 1. The van der Waals surface area contributed by atoms with Gasteiger partial charge in [0.15, 0.2) is 0 Å². The molecule has 0 aromatic carbocycles. The van der Waals surface area contributed by atoms with E-state index in [0.29, 0.717) is 0 Å². The average Bonchev–Trinajstić information content (AvgIpc) is 1.90. The summed E-state index contributed by atoms with van der Waals surface area (Å²) >= 11 is 0. The minimum Gasteiger partial charge on any atom is -0.390 e. The summed E-state index contributed by atoms with van der Waals surface area (Å²) in [7, 11) is 1.85. The van der Waals surface area contributed by atoms with Gasteiger partial charge >= 0.3 is 0 Å². The molecular formula is C5H8N2O. The molecule has 0 aromatic heterocycles. The lowest BCUT2D eigenvalue weighted by Crippen LogP contribution is -2.13. The van der Waals surface area contributed by atoms with Gasteiger partial charge in [0.05, 0.1) is 11.9 Å². The quantitative estimate of drug-likeness (QED) is 0.504. The highest BCUT2D eigenvalue weighted by Gasteiger charge is 1.89. The maximum atomic E-state index is 4.65. The van der Waals surface area contributed by atoms with Crippen LogP contribution in [0.5, 0.6) is 0 Å². The summed E-state index contributed by atoms with van der Waals surface area (Å²) in [6.07, 6.45) is 5.14. The molecule has 1 aliphatic rings. The third kappa shape index (κ3) is 0.932. The Morgan fingerprint density at radius 2 is 2.62 bits per heavy atom. The molecule has 0 aromatic rings. The van der Waals surface area contributed by atoms with Crippen LogP contribution in [0.25, 0.3) is 0 Å². The van der Waals surface area contributed by atoms with Gasteiger partial charge in [-0.25, -0.2) is 5.48 Å². The fourth-order valence-corrected chi connectivity index (χ4v) is 0.448. The minimum absolute atomic E-state index is 1.01. The molecule has 8 heavy (non-hydrogen) atoms. The van der Waals surface area contributed by atoms with E-state index >= 15 is 0 Å². The lowest BCUT2D eigenvalue weighted by atomic mass is 10.4. The van der Waals surface area contributed by atoms with Crippen molar-refractivity contribution in [3.63, 3.8) is 0 Å². The van der Waals surface area contributed by atoms with E-state index in [2.05, 4.69) is 15.6 Å². The van der Waals surface area contributed by atoms with Crippen molar-refractivity contribution in [2.75, 3.05) is 7.05 Å². The number of allylic oxidation sites excluding steroid dienone is 1. The molecule has 0 unspecified atom stereocenters. The molecule has 1 rings (SSSR count). The predicted octanol–water partition coefficient (Wildman–Crippen LogP) is 0.0957. The molecule has 3 nitrogen and oxygen atoms in total. The highest BCUT2D eigenvalue weighted by atomic mass is 16.6. The van der Waals surface area contributed by atoms with Crippen LogP contribution in [0.15, 0.2) is 24.2 Å². The lowest BCUT2D eigenvalue weighted by Gasteiger charge is -2.06. The first-order chi connectivity index (χ1) is 3.93. The van der Waals surface area contributed by atoms with Gasteiger partial charge in [-0.3, -0.25) is 0 Å². The van der Waals surface area contributed by atoms with Gasteiger partial charge in [-0.2, -0.15) is 0 Å². The monoisotopic (exact) mass is 112 g/mol. The molecule has 0 saturated heterocycles. The highest BCUT2D eigenvalue weighted by molar-refractivity contribution is 5.14. The smallest absolute Gasteiger partial charge is 0.121 e. The largest absolute Gasteiger partial charge is 0.390 e. The van der Waals surface area contributed by atoms with Gasteiger partial charge in [0, 0.05) is 13.1 Å². The normalized spacial score (nSPS) is 15.9. The molecule has 0 amide bonds. The molecule has 0 atom stereocenters. The van der Waals surface area contributed by atoms with Crippen molar-refractivity contribution in [2.24, 2.45) is 0 Å². The molecule has 0 radical (unpaired) electrons. The van der Waals surface area contributed by atoms with Gasteiger partial charge < -0.3 is 10.2 Å². The zero-order chi connectivity index (χ0) is 5.82. The van der Waals surface area contributed by atoms with Crippen molar-refractivity contribution in [1.82, 2.24) is 10.8 Å². The van der Waals surface area contributed by atoms with Gasteiger partial charge in [0.25, 0.3) is 0 Å². The van der Waals surface area contributed by atoms with Crippen molar-refractivity contribution in [1.29, 1.82) is 0 Å². The molecule has 2 N–H and O–H groups in total. The number of likely N-dealkylation sites (N-methyl/N-ethyl adjacent to an activating group) is 1. The Morgan fingerprint density at radius 3 is 3.00 bits per heavy atom. The highest BCUT2D eigenvalue weighted by Crippen LogP contribution is 1.92. The summed E-state index contributed by atoms with van der Waals surface area (Å²) in [4.78, 5) is 4.65. The summed E-state index contributed by atoms with van der Waals surface area (Å²) in [5.74, 6) is 0. The molecule has 0 saturated carbocycles. The minimum atomic E-state index is 1.01. The Morgan fingerprint density at radius 1 is 1.75 bits per heavy atom. The first kappa shape index (κ1) is 5.03. The van der Waals surface area contributed by atoms with Crippen LogP contribution in [0.2, 0.25) is 0 Å². The van der Waals surface area contributed by atoms with Crippen molar-refractivity contribution in [2.45, 2.75) is 0 Å². The Hall–Kier alpha value is -1.12. The summed E-state index contributed by atoms with van der Waals surface area (Å²) in [6.45, 7) is 0. The third-order valence-electron chi connectivity index (χ3n) is 0.887. The molecule has 0 fully saturated rings. The van der Waals surface area contributed by atoms with E-state index in [0.717, 1.165) is 5.70 Å². The first-order valence-electron chi connectivity index (χ1n) is 2.39. The van der Waals surface area contributed by atoms with Crippen LogP contribution < -0.4 is 10.8 Å². The fourth-order valence-electron chi connectivity index (χ4n) is 0.448. The second-order valence-corrected chi connectivity index (χ2v) is 1.39. The average molecular weight is 112 g/mol. The Bertz CT molecular complexity index is 128. The number of hydrogen-bond donors (Lipinski definition) is 2. The summed E-state index contributed by atoms with van der Waals surface area (Å²) in [6, 6.07) is 0. The molecule has 1 aliphatic heterocycles. The topological polar surface area (TPSA) is 33.3 Å². The standard InChI is InChI=1S/C5H8N2O/c1-6-5-2-3-8-7-4-5/h2-4,6-7H,1H3. The van der Waals surface area contributed by atoms with Crippen molar-refractivity contribution in [3.05, 3.63) is 24.2 Å². The van der Waals surface area contributed by atoms with Crippen LogP contribution in [0.3, 0.4) is 0 Å². The van der Waals surface area contributed by atoms with E-state index in [1.807, 2.05) is 13.1 Å². The molecule has 0 spiro atoms. The SMILES string of the molecule is CNC1=CNOC=C1. The van der Waals surface area contributed by atoms with Gasteiger partial charge in [-0.1, -0.05) is 0 Å². The molecule has 3 heteroatoms. The van der Waals surface area contributed by atoms with Gasteiger partial charge in [0.2, 0.25) is 0 Å². The van der Waals surface area contributed by atoms with Gasteiger partial charge in [-0.15, -0.1) is 0 Å². The Labute approximate surface area is 48.0 Å². The fraction of sp³-hybridized carbons (Fsp3) is 0.200. The maximum Gasteiger partial charge on any atom is 0.121 e. The van der Waals surface area contributed by atoms with Crippen LogP contribution in [0, 0.1) is 0 Å². The van der Waals surface area contributed by atoms with E-state index in [9.17, 15) is 0 Å². The zero-order valence-electron chi connectivity index (χ0n) is 4.64. The van der Waals surface area contributed by atoms with E-state index in [4.69, 9.17) is 0 Å². The van der Waals surface area contributed by atoms with Gasteiger partial charge in [-0.05, 0) is 0 Å². The lowest BCUT2D eigenvalue weighted by molar-refractivity contribution is 0.170. The van der Waals surface area contributed by atoms with Crippen LogP contribution in [-0.4, -0.2) is 7.05 Å². The van der Waals surface area contributed by atoms with Crippen LogP contribution in [0.1, 0.15) is 0 Å². The molecule has 0 bridgehead atoms. The summed E-state index contributed by atoms with van der Waals surface area (Å²) in [5, 5.41) is 2.94. The maximum absolute atomic E-state index is 4.65. The molecule has 0 aliphatic carbocycles. The van der Waals surface area contributed by atoms with E-state index in [-0.39, 0.29) is 0 Å². The van der Waals surface area contributed by atoms with Crippen LogP contribution >= 0.6 is 0 Å². The summed E-state index contributed by atoms with van der Waals surface area (Å²) < 4.78 is 0. The van der Waals surface area contributed by atoms with Gasteiger partial charge in [0.1, 0.15) is 6.26 Å². The van der Waals surface area contributed by atoms with Crippen molar-refractivity contribution < 1.29 is 4.84 Å².